The zero-order chi connectivity index (χ0) is 16.3. The molecule has 0 aromatic carbocycles. The first-order chi connectivity index (χ1) is 10.7. The van der Waals surface area contributed by atoms with E-state index in [4.69, 9.17) is 13.3 Å². The van der Waals surface area contributed by atoms with Crippen molar-refractivity contribution in [1.82, 2.24) is 10.3 Å². The topological polar surface area (TPSA) is 69.7 Å². The van der Waals surface area contributed by atoms with Crippen molar-refractivity contribution in [2.75, 3.05) is 26.4 Å². The molecule has 1 aromatic heterocycles. The monoisotopic (exact) mass is 326 g/mol. The summed E-state index contributed by atoms with van der Waals surface area (Å²) in [6.07, 6.45) is 2.34. The normalized spacial score (nSPS) is 11.4. The largest absolute Gasteiger partial charge is 0.500 e. The predicted octanol–water partition coefficient (Wildman–Crippen LogP) is 2.25. The van der Waals surface area contributed by atoms with E-state index in [2.05, 4.69) is 10.3 Å². The molecule has 0 bridgehead atoms. The van der Waals surface area contributed by atoms with Crippen LogP contribution in [-0.2, 0) is 13.3 Å². The van der Waals surface area contributed by atoms with Gasteiger partial charge in [-0.05, 0) is 39.3 Å². The van der Waals surface area contributed by atoms with E-state index in [-0.39, 0.29) is 5.91 Å². The van der Waals surface area contributed by atoms with Crippen molar-refractivity contribution in [3.63, 3.8) is 0 Å². The molecule has 0 spiro atoms. The smallest absolute Gasteiger partial charge is 0.374 e. The summed E-state index contributed by atoms with van der Waals surface area (Å²) in [5.74, 6) is -0.169. The van der Waals surface area contributed by atoms with E-state index in [1.54, 1.807) is 24.4 Å². The Balaban J connectivity index is 2.43. The Morgan fingerprint density at radius 3 is 2.27 bits per heavy atom. The summed E-state index contributed by atoms with van der Waals surface area (Å²) in [7, 11) is -2.61. The van der Waals surface area contributed by atoms with Crippen LogP contribution in [0.15, 0.2) is 24.4 Å². The fourth-order valence-electron chi connectivity index (χ4n) is 2.10. The third kappa shape index (κ3) is 6.23. The Morgan fingerprint density at radius 1 is 1.14 bits per heavy atom. The average Bonchev–Trinajstić information content (AvgIpc) is 2.53. The van der Waals surface area contributed by atoms with Crippen molar-refractivity contribution >= 4 is 14.7 Å². The Labute approximate surface area is 133 Å². The number of carbonyl (C=O) groups excluding carboxylic acids is 1. The first-order valence-corrected chi connectivity index (χ1v) is 9.71. The molecule has 0 radical (unpaired) electrons. The number of nitrogens with zero attached hydrogens (tertiary/aromatic N) is 1. The van der Waals surface area contributed by atoms with Gasteiger partial charge < -0.3 is 18.6 Å². The van der Waals surface area contributed by atoms with Crippen molar-refractivity contribution in [1.29, 1.82) is 0 Å². The van der Waals surface area contributed by atoms with Gasteiger partial charge in [0.15, 0.2) is 0 Å². The maximum Gasteiger partial charge on any atom is 0.500 e. The fraction of sp³-hybridized carbons (Fsp3) is 0.600. The van der Waals surface area contributed by atoms with Gasteiger partial charge in [-0.25, -0.2) is 0 Å². The highest BCUT2D eigenvalue weighted by Gasteiger charge is 2.39. The van der Waals surface area contributed by atoms with Crippen LogP contribution in [0.1, 0.15) is 37.7 Å². The van der Waals surface area contributed by atoms with E-state index < -0.39 is 8.80 Å². The summed E-state index contributed by atoms with van der Waals surface area (Å²) in [5.41, 5.74) is 0.422. The molecule has 7 heteroatoms. The Kier molecular flexibility index (Phi) is 8.91. The molecule has 1 rings (SSSR count). The van der Waals surface area contributed by atoms with Crippen molar-refractivity contribution in [2.45, 2.75) is 33.2 Å². The van der Waals surface area contributed by atoms with Crippen molar-refractivity contribution in [3.05, 3.63) is 30.1 Å². The number of hydrogen-bond acceptors (Lipinski definition) is 5. The second-order valence-corrected chi connectivity index (χ2v) is 7.29. The van der Waals surface area contributed by atoms with E-state index in [1.807, 2.05) is 20.8 Å². The van der Waals surface area contributed by atoms with E-state index >= 15 is 0 Å². The molecule has 0 aliphatic rings. The lowest BCUT2D eigenvalue weighted by Gasteiger charge is -2.28. The van der Waals surface area contributed by atoms with Gasteiger partial charge in [0, 0.05) is 38.6 Å². The molecule has 124 valence electrons. The van der Waals surface area contributed by atoms with E-state index in [0.717, 1.165) is 6.42 Å². The van der Waals surface area contributed by atoms with Gasteiger partial charge in [-0.3, -0.25) is 9.78 Å². The summed E-state index contributed by atoms with van der Waals surface area (Å²) >= 11 is 0. The summed E-state index contributed by atoms with van der Waals surface area (Å²) in [6, 6.07) is 5.95. The minimum atomic E-state index is -2.61. The van der Waals surface area contributed by atoms with Gasteiger partial charge in [0.25, 0.3) is 5.91 Å². The van der Waals surface area contributed by atoms with E-state index in [9.17, 15) is 4.79 Å². The number of amides is 1. The highest BCUT2D eigenvalue weighted by atomic mass is 28.4. The van der Waals surface area contributed by atoms with Gasteiger partial charge in [0.1, 0.15) is 5.69 Å². The molecule has 6 nitrogen and oxygen atoms in total. The molecular weight excluding hydrogens is 300 g/mol. The van der Waals surface area contributed by atoms with Crippen LogP contribution in [0.25, 0.3) is 0 Å². The van der Waals surface area contributed by atoms with Crippen LogP contribution in [0.2, 0.25) is 6.04 Å². The first kappa shape index (κ1) is 18.8. The number of carbonyl (C=O) groups is 1. The predicted molar refractivity (Wildman–Crippen MR) is 86.6 cm³/mol. The molecule has 1 amide bonds. The van der Waals surface area contributed by atoms with Crippen molar-refractivity contribution in [2.24, 2.45) is 0 Å². The SMILES string of the molecule is CCO[Si](CCCNC(=O)c1ccccn1)(OCC)OCC. The molecule has 22 heavy (non-hydrogen) atoms. The first-order valence-electron chi connectivity index (χ1n) is 7.78. The molecule has 1 heterocycles. The van der Waals surface area contributed by atoms with Crippen LogP contribution >= 0.6 is 0 Å². The van der Waals surface area contributed by atoms with Crippen LogP contribution in [-0.4, -0.2) is 46.1 Å². The Morgan fingerprint density at radius 2 is 1.77 bits per heavy atom. The molecule has 0 aliphatic carbocycles. The minimum absolute atomic E-state index is 0.169. The number of hydrogen-bond donors (Lipinski definition) is 1. The summed E-state index contributed by atoms with van der Waals surface area (Å²) in [6.45, 7) is 8.02. The van der Waals surface area contributed by atoms with Gasteiger partial charge >= 0.3 is 8.80 Å². The van der Waals surface area contributed by atoms with Gasteiger partial charge in [0.05, 0.1) is 0 Å². The number of aromatic nitrogens is 1. The van der Waals surface area contributed by atoms with Crippen molar-refractivity contribution < 1.29 is 18.1 Å². The highest BCUT2D eigenvalue weighted by molar-refractivity contribution is 6.60. The molecule has 0 atom stereocenters. The lowest BCUT2D eigenvalue weighted by Crippen LogP contribution is -2.46. The molecule has 0 fully saturated rings. The standard InChI is InChI=1S/C15H26N2O4Si/c1-4-19-22(20-5-2,21-6-3)13-9-12-17-15(18)14-10-7-8-11-16-14/h7-8,10-11H,4-6,9,12-13H2,1-3H3,(H,17,18). The lowest BCUT2D eigenvalue weighted by atomic mass is 10.3. The molecule has 0 saturated carbocycles. The third-order valence-electron chi connectivity index (χ3n) is 2.94. The van der Waals surface area contributed by atoms with Gasteiger partial charge in [-0.2, -0.15) is 0 Å². The van der Waals surface area contributed by atoms with Crippen molar-refractivity contribution in [3.8, 4) is 0 Å². The molecule has 0 aliphatic heterocycles. The maximum atomic E-state index is 11.9. The van der Waals surface area contributed by atoms with Gasteiger partial charge in [-0.1, -0.05) is 6.07 Å². The lowest BCUT2D eigenvalue weighted by molar-refractivity contribution is 0.0704. The van der Waals surface area contributed by atoms with Gasteiger partial charge in [0.2, 0.25) is 0 Å². The van der Waals surface area contributed by atoms with E-state index in [1.165, 1.54) is 0 Å². The van der Waals surface area contributed by atoms with Crippen LogP contribution in [0, 0.1) is 0 Å². The third-order valence-corrected chi connectivity index (χ3v) is 6.09. The molecule has 0 saturated heterocycles. The molecule has 0 unspecified atom stereocenters. The zero-order valence-electron chi connectivity index (χ0n) is 13.6. The molecule has 1 aromatic rings. The average molecular weight is 326 g/mol. The summed E-state index contributed by atoms with van der Waals surface area (Å²) in [5, 5.41) is 2.85. The second-order valence-electron chi connectivity index (χ2n) is 4.56. The number of pyridine rings is 1. The summed E-state index contributed by atoms with van der Waals surface area (Å²) < 4.78 is 17.3. The highest BCUT2D eigenvalue weighted by Crippen LogP contribution is 2.17. The molecular formula is C15H26N2O4Si. The van der Waals surface area contributed by atoms with Crippen LogP contribution < -0.4 is 5.32 Å². The van der Waals surface area contributed by atoms with Crippen LogP contribution in [0.3, 0.4) is 0 Å². The Bertz CT molecular complexity index is 414. The van der Waals surface area contributed by atoms with E-state index in [0.29, 0.717) is 38.1 Å². The zero-order valence-corrected chi connectivity index (χ0v) is 14.6. The number of rotatable bonds is 11. The quantitative estimate of drug-likeness (QED) is 0.499. The van der Waals surface area contributed by atoms with Crippen LogP contribution in [0.5, 0.6) is 0 Å². The fourth-order valence-corrected chi connectivity index (χ4v) is 4.71. The summed E-state index contributed by atoms with van der Waals surface area (Å²) in [4.78, 5) is 15.9. The Hall–Kier alpha value is -1.28. The molecule has 1 N–H and O–H groups in total. The maximum absolute atomic E-state index is 11.9. The second kappa shape index (κ2) is 10.4. The number of nitrogens with one attached hydrogen (secondary N) is 1. The van der Waals surface area contributed by atoms with Gasteiger partial charge in [-0.15, -0.1) is 0 Å². The van der Waals surface area contributed by atoms with Crippen LogP contribution in [0.4, 0.5) is 0 Å². The minimum Gasteiger partial charge on any atom is -0.374 e.